The largest absolute Gasteiger partial charge is 0.496 e. The van der Waals surface area contributed by atoms with Crippen LogP contribution < -0.4 is 4.74 Å². The van der Waals surface area contributed by atoms with E-state index in [1.807, 2.05) is 6.07 Å². The van der Waals surface area contributed by atoms with Gasteiger partial charge in [0.25, 0.3) is 0 Å². The molecule has 0 radical (unpaired) electrons. The molecule has 2 aliphatic rings. The van der Waals surface area contributed by atoms with Gasteiger partial charge >= 0.3 is 0 Å². The van der Waals surface area contributed by atoms with Gasteiger partial charge in [-0.05, 0) is 56.4 Å². The Balaban J connectivity index is 1.79. The lowest BCUT2D eigenvalue weighted by atomic mass is 9.92. The minimum atomic E-state index is -0.0314. The van der Waals surface area contributed by atoms with Crippen LogP contribution in [0.1, 0.15) is 48.6 Å². The number of aryl methyl sites for hydroxylation is 1. The van der Waals surface area contributed by atoms with Crippen molar-refractivity contribution in [3.63, 3.8) is 0 Å². The van der Waals surface area contributed by atoms with E-state index in [1.165, 1.54) is 24.1 Å². The first-order valence-corrected chi connectivity index (χ1v) is 8.44. The highest BCUT2D eigenvalue weighted by Crippen LogP contribution is 2.49. The quantitative estimate of drug-likeness (QED) is 0.909. The van der Waals surface area contributed by atoms with E-state index in [0.29, 0.717) is 5.92 Å². The predicted molar refractivity (Wildman–Crippen MR) is 90.9 cm³/mol. The van der Waals surface area contributed by atoms with Crippen LogP contribution in [-0.4, -0.2) is 23.8 Å². The molecule has 3 heteroatoms. The molecule has 1 aromatic carbocycles. The maximum atomic E-state index is 9.71. The first-order chi connectivity index (χ1) is 11.2. The van der Waals surface area contributed by atoms with E-state index < -0.39 is 0 Å². The molecule has 23 heavy (non-hydrogen) atoms. The van der Waals surface area contributed by atoms with Crippen LogP contribution in [-0.2, 0) is 5.41 Å². The van der Waals surface area contributed by atoms with Crippen LogP contribution in [0.5, 0.6) is 5.75 Å². The van der Waals surface area contributed by atoms with Crippen molar-refractivity contribution in [2.24, 2.45) is 0 Å². The molecule has 2 aliphatic carbocycles. The van der Waals surface area contributed by atoms with Gasteiger partial charge in [0.05, 0.1) is 13.7 Å². The monoisotopic (exact) mass is 309 g/mol. The molecule has 0 bridgehead atoms. The van der Waals surface area contributed by atoms with E-state index >= 15 is 0 Å². The van der Waals surface area contributed by atoms with E-state index in [4.69, 9.17) is 9.72 Å². The van der Waals surface area contributed by atoms with Crippen LogP contribution >= 0.6 is 0 Å². The number of nitrogens with zero attached hydrogens (tertiary/aromatic N) is 1. The molecule has 2 fully saturated rings. The van der Waals surface area contributed by atoms with Gasteiger partial charge in [-0.3, -0.25) is 4.98 Å². The SMILES string of the molecule is COc1ccc(C2(CO)CC2)cc1-c1ccc(C2CC2)nc1C. The van der Waals surface area contributed by atoms with Crippen LogP contribution in [0, 0.1) is 6.92 Å². The zero-order valence-electron chi connectivity index (χ0n) is 13.8. The van der Waals surface area contributed by atoms with Crippen molar-refractivity contribution in [3.05, 3.63) is 47.3 Å². The summed E-state index contributed by atoms with van der Waals surface area (Å²) in [4.78, 5) is 4.81. The molecular formula is C20H23NO2. The third-order valence-corrected chi connectivity index (χ3v) is 5.36. The molecule has 120 valence electrons. The zero-order valence-corrected chi connectivity index (χ0v) is 13.8. The molecule has 2 saturated carbocycles. The summed E-state index contributed by atoms with van der Waals surface area (Å²) in [5.41, 5.74) is 5.66. The van der Waals surface area contributed by atoms with Crippen molar-refractivity contribution < 1.29 is 9.84 Å². The average molecular weight is 309 g/mol. The van der Waals surface area contributed by atoms with E-state index in [9.17, 15) is 5.11 Å². The summed E-state index contributed by atoms with van der Waals surface area (Å²) in [5, 5.41) is 9.71. The summed E-state index contributed by atoms with van der Waals surface area (Å²) in [5.74, 6) is 1.53. The van der Waals surface area contributed by atoms with Gasteiger partial charge in [-0.2, -0.15) is 0 Å². The van der Waals surface area contributed by atoms with Gasteiger partial charge in [-0.15, -0.1) is 0 Å². The first kappa shape index (κ1) is 14.7. The predicted octanol–water partition coefficient (Wildman–Crippen LogP) is 3.97. The van der Waals surface area contributed by atoms with Crippen LogP contribution in [0.2, 0.25) is 0 Å². The summed E-state index contributed by atoms with van der Waals surface area (Å²) in [6.07, 6.45) is 4.66. The third-order valence-electron chi connectivity index (χ3n) is 5.36. The second-order valence-corrected chi connectivity index (χ2v) is 7.00. The number of aliphatic hydroxyl groups is 1. The van der Waals surface area contributed by atoms with Gasteiger partial charge < -0.3 is 9.84 Å². The Labute approximate surface area is 137 Å². The highest BCUT2D eigenvalue weighted by Gasteiger charge is 2.43. The average Bonchev–Trinajstić information content (AvgIpc) is 3.48. The molecule has 1 heterocycles. The number of pyridine rings is 1. The summed E-state index contributed by atoms with van der Waals surface area (Å²) < 4.78 is 5.58. The fraction of sp³-hybridized carbons (Fsp3) is 0.450. The Hall–Kier alpha value is -1.87. The van der Waals surface area contributed by atoms with Gasteiger partial charge in [0, 0.05) is 33.8 Å². The number of ether oxygens (including phenoxy) is 1. The fourth-order valence-electron chi connectivity index (χ4n) is 3.41. The van der Waals surface area contributed by atoms with Crippen LogP contribution in [0.15, 0.2) is 30.3 Å². The van der Waals surface area contributed by atoms with Crippen molar-refractivity contribution in [3.8, 4) is 16.9 Å². The number of hydrogen-bond acceptors (Lipinski definition) is 3. The molecular weight excluding hydrogens is 286 g/mol. The van der Waals surface area contributed by atoms with E-state index in [0.717, 1.165) is 35.4 Å². The number of hydrogen-bond donors (Lipinski definition) is 1. The van der Waals surface area contributed by atoms with E-state index in [2.05, 4.69) is 31.2 Å². The highest BCUT2D eigenvalue weighted by molar-refractivity contribution is 5.73. The van der Waals surface area contributed by atoms with E-state index in [-0.39, 0.29) is 12.0 Å². The lowest BCUT2D eigenvalue weighted by molar-refractivity contribution is 0.255. The van der Waals surface area contributed by atoms with Crippen molar-refractivity contribution >= 4 is 0 Å². The molecule has 0 aliphatic heterocycles. The first-order valence-electron chi connectivity index (χ1n) is 8.44. The molecule has 0 spiro atoms. The maximum absolute atomic E-state index is 9.71. The molecule has 0 saturated heterocycles. The standard InChI is InChI=1S/C20H23NO2/c1-13-16(6-7-18(21-13)14-3-4-14)17-11-15(5-8-19(17)23-2)20(12-22)9-10-20/h5-8,11,14,22H,3-4,9-10,12H2,1-2H3. The van der Waals surface area contributed by atoms with Gasteiger partial charge in [-0.1, -0.05) is 12.1 Å². The summed E-state index contributed by atoms with van der Waals surface area (Å²) in [6, 6.07) is 10.6. The number of methoxy groups -OCH3 is 1. The molecule has 0 unspecified atom stereocenters. The van der Waals surface area contributed by atoms with Crippen molar-refractivity contribution in [2.75, 3.05) is 13.7 Å². The Morgan fingerprint density at radius 3 is 2.52 bits per heavy atom. The number of benzene rings is 1. The summed E-state index contributed by atoms with van der Waals surface area (Å²) in [6.45, 7) is 2.29. The number of aromatic nitrogens is 1. The van der Waals surface area contributed by atoms with Gasteiger partial charge in [-0.25, -0.2) is 0 Å². The van der Waals surface area contributed by atoms with Crippen LogP contribution in [0.4, 0.5) is 0 Å². The molecule has 1 aromatic heterocycles. The normalized spacial score (nSPS) is 18.7. The molecule has 0 atom stereocenters. The Kier molecular flexibility index (Phi) is 3.42. The Morgan fingerprint density at radius 1 is 1.17 bits per heavy atom. The number of rotatable bonds is 5. The van der Waals surface area contributed by atoms with E-state index in [1.54, 1.807) is 7.11 Å². The smallest absolute Gasteiger partial charge is 0.126 e. The molecule has 2 aromatic rings. The molecule has 0 amide bonds. The molecule has 3 nitrogen and oxygen atoms in total. The third kappa shape index (κ3) is 2.53. The minimum absolute atomic E-state index is 0.0314. The zero-order chi connectivity index (χ0) is 16.0. The molecule has 4 rings (SSSR count). The van der Waals surface area contributed by atoms with Gasteiger partial charge in [0.2, 0.25) is 0 Å². The fourth-order valence-corrected chi connectivity index (χ4v) is 3.41. The highest BCUT2D eigenvalue weighted by atomic mass is 16.5. The Morgan fingerprint density at radius 2 is 1.96 bits per heavy atom. The lowest BCUT2D eigenvalue weighted by Gasteiger charge is -2.17. The molecule has 1 N–H and O–H groups in total. The minimum Gasteiger partial charge on any atom is -0.496 e. The Bertz CT molecular complexity index is 745. The maximum Gasteiger partial charge on any atom is 0.126 e. The van der Waals surface area contributed by atoms with Crippen LogP contribution in [0.25, 0.3) is 11.1 Å². The van der Waals surface area contributed by atoms with Crippen LogP contribution in [0.3, 0.4) is 0 Å². The second-order valence-electron chi connectivity index (χ2n) is 7.00. The van der Waals surface area contributed by atoms with Gasteiger partial charge in [0.15, 0.2) is 0 Å². The van der Waals surface area contributed by atoms with Crippen molar-refractivity contribution in [1.82, 2.24) is 4.98 Å². The van der Waals surface area contributed by atoms with Crippen molar-refractivity contribution in [1.29, 1.82) is 0 Å². The van der Waals surface area contributed by atoms with Gasteiger partial charge in [0.1, 0.15) is 5.75 Å². The summed E-state index contributed by atoms with van der Waals surface area (Å²) in [7, 11) is 1.71. The van der Waals surface area contributed by atoms with Crippen molar-refractivity contribution in [2.45, 2.75) is 43.9 Å². The second kappa shape index (κ2) is 5.34. The topological polar surface area (TPSA) is 42.4 Å². The summed E-state index contributed by atoms with van der Waals surface area (Å²) >= 11 is 0. The number of aliphatic hydroxyl groups excluding tert-OH is 1. The lowest BCUT2D eigenvalue weighted by Crippen LogP contribution is -2.12.